The minimum Gasteiger partial charge on any atom is -0.378 e. The molecule has 1 amide bonds. The Morgan fingerprint density at radius 3 is 2.60 bits per heavy atom. The summed E-state index contributed by atoms with van der Waals surface area (Å²) >= 11 is 0. The molecule has 0 radical (unpaired) electrons. The highest BCUT2D eigenvalue weighted by Gasteiger charge is 2.15. The first kappa shape index (κ1) is 17.1. The summed E-state index contributed by atoms with van der Waals surface area (Å²) < 4.78 is 19.6. The minimum absolute atomic E-state index is 0.304. The van der Waals surface area contributed by atoms with E-state index in [0.29, 0.717) is 43.1 Å². The van der Waals surface area contributed by atoms with Gasteiger partial charge in [0.25, 0.3) is 5.91 Å². The van der Waals surface area contributed by atoms with Gasteiger partial charge in [-0.05, 0) is 36.8 Å². The number of benzene rings is 2. The highest BCUT2D eigenvalue weighted by Crippen LogP contribution is 2.21. The molecule has 25 heavy (non-hydrogen) atoms. The van der Waals surface area contributed by atoms with Crippen molar-refractivity contribution in [2.24, 2.45) is 5.10 Å². The molecule has 2 aromatic carbocycles. The number of ether oxygens (including phenoxy) is 1. The van der Waals surface area contributed by atoms with Crippen LogP contribution in [0, 0.1) is 12.7 Å². The van der Waals surface area contributed by atoms with E-state index in [1.807, 2.05) is 24.0 Å². The first-order chi connectivity index (χ1) is 12.1. The van der Waals surface area contributed by atoms with Gasteiger partial charge in [-0.1, -0.05) is 23.8 Å². The van der Waals surface area contributed by atoms with Crippen molar-refractivity contribution < 1.29 is 13.9 Å². The fourth-order valence-electron chi connectivity index (χ4n) is 2.60. The molecule has 1 N–H and O–H groups in total. The zero-order valence-electron chi connectivity index (χ0n) is 14.0. The number of hydrogen-bond acceptors (Lipinski definition) is 4. The van der Waals surface area contributed by atoms with Crippen molar-refractivity contribution in [3.05, 3.63) is 65.0 Å². The van der Waals surface area contributed by atoms with Crippen LogP contribution < -0.4 is 10.3 Å². The molecule has 3 rings (SSSR count). The minimum atomic E-state index is -0.310. The highest BCUT2D eigenvalue weighted by molar-refractivity contribution is 5.94. The van der Waals surface area contributed by atoms with E-state index >= 15 is 0 Å². The summed E-state index contributed by atoms with van der Waals surface area (Å²) in [5.74, 6) is -0.614. The van der Waals surface area contributed by atoms with Crippen LogP contribution in [0.2, 0.25) is 0 Å². The molecule has 130 valence electrons. The average Bonchev–Trinajstić information content (AvgIpc) is 2.63. The molecular formula is C19H20FN3O2. The van der Waals surface area contributed by atoms with Crippen LogP contribution >= 0.6 is 0 Å². The molecule has 0 saturated carbocycles. The Morgan fingerprint density at radius 1 is 1.20 bits per heavy atom. The molecule has 1 saturated heterocycles. The normalized spacial score (nSPS) is 14.7. The van der Waals surface area contributed by atoms with E-state index in [-0.39, 0.29) is 11.7 Å². The van der Waals surface area contributed by atoms with Gasteiger partial charge in [0, 0.05) is 18.7 Å². The molecule has 1 aliphatic rings. The maximum absolute atomic E-state index is 14.3. The monoisotopic (exact) mass is 341 g/mol. The van der Waals surface area contributed by atoms with Gasteiger partial charge in [-0.2, -0.15) is 5.10 Å². The number of hydrogen-bond donors (Lipinski definition) is 1. The number of nitrogens with zero attached hydrogens (tertiary/aromatic N) is 2. The van der Waals surface area contributed by atoms with Crippen molar-refractivity contribution in [3.63, 3.8) is 0 Å². The van der Waals surface area contributed by atoms with Crippen molar-refractivity contribution in [3.8, 4) is 0 Å². The van der Waals surface area contributed by atoms with Crippen LogP contribution in [-0.2, 0) is 4.74 Å². The van der Waals surface area contributed by atoms with Crippen LogP contribution in [0.3, 0.4) is 0 Å². The predicted molar refractivity (Wildman–Crippen MR) is 95.7 cm³/mol. The summed E-state index contributed by atoms with van der Waals surface area (Å²) in [6.45, 7) is 4.52. The Labute approximate surface area is 146 Å². The molecular weight excluding hydrogens is 321 g/mol. The summed E-state index contributed by atoms with van der Waals surface area (Å²) in [4.78, 5) is 13.9. The van der Waals surface area contributed by atoms with Crippen LogP contribution in [0.4, 0.5) is 10.1 Å². The standard InChI is InChI=1S/C19H20FN3O2/c1-14-2-5-16(6-3-14)19(24)22-21-13-15-4-7-18(17(20)12-15)23-8-10-25-11-9-23/h2-7,12-13H,8-11H2,1H3,(H,22,24)/b21-13-. The van der Waals surface area contributed by atoms with E-state index in [2.05, 4.69) is 10.5 Å². The first-order valence-corrected chi connectivity index (χ1v) is 8.16. The quantitative estimate of drug-likeness (QED) is 0.687. The fraction of sp³-hybridized carbons (Fsp3) is 0.263. The van der Waals surface area contributed by atoms with Gasteiger partial charge in [0.2, 0.25) is 0 Å². The summed E-state index contributed by atoms with van der Waals surface area (Å²) in [6, 6.07) is 12.1. The predicted octanol–water partition coefficient (Wildman–Crippen LogP) is 2.73. The lowest BCUT2D eigenvalue weighted by molar-refractivity contribution is 0.0955. The topological polar surface area (TPSA) is 53.9 Å². The Hall–Kier alpha value is -2.73. The zero-order chi connectivity index (χ0) is 17.6. The van der Waals surface area contributed by atoms with Gasteiger partial charge in [-0.15, -0.1) is 0 Å². The van der Waals surface area contributed by atoms with Crippen LogP contribution in [0.25, 0.3) is 0 Å². The number of hydrazone groups is 1. The van der Waals surface area contributed by atoms with Gasteiger partial charge in [-0.3, -0.25) is 4.79 Å². The van der Waals surface area contributed by atoms with Gasteiger partial charge in [-0.25, -0.2) is 9.82 Å². The maximum atomic E-state index is 14.3. The lowest BCUT2D eigenvalue weighted by Crippen LogP contribution is -2.36. The second kappa shape index (κ2) is 7.90. The molecule has 1 aliphatic heterocycles. The number of halogens is 1. The van der Waals surface area contributed by atoms with Crippen LogP contribution in [0.15, 0.2) is 47.6 Å². The van der Waals surface area contributed by atoms with E-state index in [0.717, 1.165) is 5.56 Å². The van der Waals surface area contributed by atoms with E-state index < -0.39 is 0 Å². The summed E-state index contributed by atoms with van der Waals surface area (Å²) in [5, 5.41) is 3.90. The molecule has 0 aliphatic carbocycles. The average molecular weight is 341 g/mol. The second-order valence-electron chi connectivity index (χ2n) is 5.88. The van der Waals surface area contributed by atoms with E-state index in [4.69, 9.17) is 4.74 Å². The maximum Gasteiger partial charge on any atom is 0.271 e. The number of rotatable bonds is 4. The smallest absolute Gasteiger partial charge is 0.271 e. The zero-order valence-corrected chi connectivity index (χ0v) is 14.0. The Morgan fingerprint density at radius 2 is 1.92 bits per heavy atom. The Balaban J connectivity index is 1.62. The third-order valence-corrected chi connectivity index (χ3v) is 4.02. The van der Waals surface area contributed by atoms with E-state index in [1.165, 1.54) is 12.3 Å². The molecule has 5 nitrogen and oxygen atoms in total. The molecule has 6 heteroatoms. The fourth-order valence-corrected chi connectivity index (χ4v) is 2.60. The third kappa shape index (κ3) is 4.42. The van der Waals surface area contributed by atoms with Crippen molar-refractivity contribution in [1.82, 2.24) is 5.43 Å². The molecule has 2 aromatic rings. The largest absolute Gasteiger partial charge is 0.378 e. The molecule has 0 bridgehead atoms. The van der Waals surface area contributed by atoms with Crippen molar-refractivity contribution in [2.45, 2.75) is 6.92 Å². The van der Waals surface area contributed by atoms with Crippen molar-refractivity contribution >= 4 is 17.8 Å². The Bertz CT molecular complexity index is 769. The number of aryl methyl sites for hydroxylation is 1. The van der Waals surface area contributed by atoms with E-state index in [1.54, 1.807) is 24.3 Å². The lowest BCUT2D eigenvalue weighted by atomic mass is 10.1. The number of carbonyl (C=O) groups excluding carboxylic acids is 1. The van der Waals surface area contributed by atoms with Gasteiger partial charge >= 0.3 is 0 Å². The molecule has 0 spiro atoms. The van der Waals surface area contributed by atoms with Gasteiger partial charge in [0.05, 0.1) is 25.1 Å². The first-order valence-electron chi connectivity index (χ1n) is 8.16. The second-order valence-corrected chi connectivity index (χ2v) is 5.88. The lowest BCUT2D eigenvalue weighted by Gasteiger charge is -2.29. The van der Waals surface area contributed by atoms with Gasteiger partial charge < -0.3 is 9.64 Å². The summed E-state index contributed by atoms with van der Waals surface area (Å²) in [6.07, 6.45) is 1.43. The van der Waals surface area contributed by atoms with Gasteiger partial charge in [0.15, 0.2) is 0 Å². The molecule has 1 fully saturated rings. The molecule has 1 heterocycles. The summed E-state index contributed by atoms with van der Waals surface area (Å²) in [7, 11) is 0. The molecule has 0 atom stereocenters. The number of anilines is 1. The molecule has 0 aromatic heterocycles. The molecule has 0 unspecified atom stereocenters. The highest BCUT2D eigenvalue weighted by atomic mass is 19.1. The number of amides is 1. The van der Waals surface area contributed by atoms with Gasteiger partial charge in [0.1, 0.15) is 5.82 Å². The van der Waals surface area contributed by atoms with Crippen molar-refractivity contribution in [2.75, 3.05) is 31.2 Å². The number of morpholine rings is 1. The number of carbonyl (C=O) groups is 1. The number of nitrogens with one attached hydrogen (secondary N) is 1. The van der Waals surface area contributed by atoms with Crippen LogP contribution in [0.1, 0.15) is 21.5 Å². The van der Waals surface area contributed by atoms with Crippen LogP contribution in [-0.4, -0.2) is 38.4 Å². The SMILES string of the molecule is Cc1ccc(C(=O)N/N=C\c2ccc(N3CCOCC3)c(F)c2)cc1. The third-order valence-electron chi connectivity index (χ3n) is 4.02. The van der Waals surface area contributed by atoms with Crippen molar-refractivity contribution in [1.29, 1.82) is 0 Å². The van der Waals surface area contributed by atoms with E-state index in [9.17, 15) is 9.18 Å². The Kier molecular flexibility index (Phi) is 5.40. The summed E-state index contributed by atoms with van der Waals surface area (Å²) in [5.41, 5.74) is 5.19. The van der Waals surface area contributed by atoms with Crippen LogP contribution in [0.5, 0.6) is 0 Å².